The van der Waals surface area contributed by atoms with Crippen LogP contribution in [0.3, 0.4) is 0 Å². The lowest BCUT2D eigenvalue weighted by Crippen LogP contribution is -2.33. The van der Waals surface area contributed by atoms with Gasteiger partial charge in [-0.05, 0) is 62.6 Å². The SMILES string of the molecule is CCCC(=Nc1ccc(Cl)c(Cl)c1)SC(C)(Cc1ccc(OC)cc1)C(C)=O. The molecule has 2 aromatic rings. The number of methoxy groups -OCH3 is 1. The lowest BCUT2D eigenvalue weighted by Gasteiger charge is -2.27. The molecular weight excluding hydrogens is 413 g/mol. The Morgan fingerprint density at radius 1 is 1.14 bits per heavy atom. The molecule has 0 spiro atoms. The Kier molecular flexibility index (Phi) is 8.41. The number of carbonyl (C=O) groups excluding carboxylic acids is 1. The van der Waals surface area contributed by atoms with Crippen molar-refractivity contribution in [1.29, 1.82) is 0 Å². The summed E-state index contributed by atoms with van der Waals surface area (Å²) in [6.07, 6.45) is 2.33. The second kappa shape index (κ2) is 10.3. The summed E-state index contributed by atoms with van der Waals surface area (Å²) in [5, 5.41) is 1.88. The lowest BCUT2D eigenvalue weighted by molar-refractivity contribution is -0.118. The standard InChI is InChI=1S/C22H25Cl2NO2S/c1-5-6-21(25-17-9-12-19(23)20(24)13-17)28-22(3,15(2)26)14-16-7-10-18(27-4)11-8-16/h7-13H,5-6,14H2,1-4H3. The largest absolute Gasteiger partial charge is 0.497 e. The van der Waals surface area contributed by atoms with E-state index in [9.17, 15) is 4.79 Å². The van der Waals surface area contributed by atoms with Crippen LogP contribution in [-0.2, 0) is 11.2 Å². The molecule has 0 radical (unpaired) electrons. The Balaban J connectivity index is 2.29. The van der Waals surface area contributed by atoms with Crippen molar-refractivity contribution in [3.63, 3.8) is 0 Å². The molecule has 0 bridgehead atoms. The van der Waals surface area contributed by atoms with E-state index in [1.54, 1.807) is 26.2 Å². The van der Waals surface area contributed by atoms with Gasteiger partial charge in [0.05, 0.1) is 32.6 Å². The summed E-state index contributed by atoms with van der Waals surface area (Å²) in [5.74, 6) is 0.917. The number of nitrogens with zero attached hydrogens (tertiary/aromatic N) is 1. The first-order valence-electron chi connectivity index (χ1n) is 9.13. The van der Waals surface area contributed by atoms with Crippen molar-refractivity contribution < 1.29 is 9.53 Å². The first-order chi connectivity index (χ1) is 13.3. The molecule has 0 aliphatic heterocycles. The Labute approximate surface area is 181 Å². The van der Waals surface area contributed by atoms with Gasteiger partial charge in [0, 0.05) is 0 Å². The number of benzene rings is 2. The average molecular weight is 438 g/mol. The molecule has 150 valence electrons. The van der Waals surface area contributed by atoms with Crippen LogP contribution in [0.15, 0.2) is 47.5 Å². The minimum absolute atomic E-state index is 0.117. The van der Waals surface area contributed by atoms with E-state index in [4.69, 9.17) is 32.9 Å². The molecule has 0 fully saturated rings. The summed E-state index contributed by atoms with van der Waals surface area (Å²) in [6, 6.07) is 13.1. The number of halogens is 2. The molecule has 1 atom stereocenters. The zero-order chi connectivity index (χ0) is 20.7. The van der Waals surface area contributed by atoms with E-state index >= 15 is 0 Å². The van der Waals surface area contributed by atoms with E-state index in [-0.39, 0.29) is 5.78 Å². The molecule has 0 N–H and O–H groups in total. The van der Waals surface area contributed by atoms with Crippen LogP contribution in [-0.4, -0.2) is 22.7 Å². The molecule has 1 unspecified atom stereocenters. The minimum atomic E-state index is -0.612. The highest BCUT2D eigenvalue weighted by Gasteiger charge is 2.32. The van der Waals surface area contributed by atoms with Crippen molar-refractivity contribution in [1.82, 2.24) is 0 Å². The fourth-order valence-electron chi connectivity index (χ4n) is 2.67. The number of hydrogen-bond acceptors (Lipinski definition) is 4. The van der Waals surface area contributed by atoms with E-state index in [1.807, 2.05) is 37.3 Å². The topological polar surface area (TPSA) is 38.7 Å². The van der Waals surface area contributed by atoms with Gasteiger partial charge in [-0.3, -0.25) is 4.79 Å². The first kappa shape index (κ1) is 22.8. The van der Waals surface area contributed by atoms with Crippen LogP contribution in [0.4, 0.5) is 5.69 Å². The fraction of sp³-hybridized carbons (Fsp3) is 0.364. The van der Waals surface area contributed by atoms with Crippen molar-refractivity contribution in [2.45, 2.75) is 44.8 Å². The van der Waals surface area contributed by atoms with Crippen molar-refractivity contribution in [3.05, 3.63) is 58.1 Å². The molecule has 28 heavy (non-hydrogen) atoms. The maximum Gasteiger partial charge on any atom is 0.146 e. The summed E-state index contributed by atoms with van der Waals surface area (Å²) in [4.78, 5) is 17.3. The van der Waals surface area contributed by atoms with Gasteiger partial charge < -0.3 is 4.74 Å². The van der Waals surface area contributed by atoms with Gasteiger partial charge in [0.15, 0.2) is 0 Å². The molecule has 0 aliphatic carbocycles. The number of aliphatic imine (C=N–C) groups is 1. The van der Waals surface area contributed by atoms with Crippen LogP contribution in [0.2, 0.25) is 10.0 Å². The second-order valence-electron chi connectivity index (χ2n) is 6.77. The number of hydrogen-bond donors (Lipinski definition) is 0. The molecular formula is C22H25Cl2NO2S. The van der Waals surface area contributed by atoms with E-state index in [2.05, 4.69) is 6.92 Å². The fourth-order valence-corrected chi connectivity index (χ4v) is 4.32. The molecule has 0 saturated heterocycles. The Morgan fingerprint density at radius 3 is 2.36 bits per heavy atom. The van der Waals surface area contributed by atoms with Gasteiger partial charge in [-0.25, -0.2) is 4.99 Å². The smallest absolute Gasteiger partial charge is 0.146 e. The maximum atomic E-state index is 12.5. The second-order valence-corrected chi connectivity index (χ2v) is 9.16. The summed E-state index contributed by atoms with van der Waals surface area (Å²) in [7, 11) is 1.64. The summed E-state index contributed by atoms with van der Waals surface area (Å²) >= 11 is 13.6. The molecule has 2 aromatic carbocycles. The number of ether oxygens (including phenoxy) is 1. The maximum absolute atomic E-state index is 12.5. The van der Waals surface area contributed by atoms with E-state index in [1.165, 1.54) is 11.8 Å². The van der Waals surface area contributed by atoms with Crippen molar-refractivity contribution in [2.24, 2.45) is 4.99 Å². The van der Waals surface area contributed by atoms with Crippen LogP contribution in [0, 0.1) is 0 Å². The highest BCUT2D eigenvalue weighted by atomic mass is 35.5. The highest BCUT2D eigenvalue weighted by Crippen LogP contribution is 2.35. The number of Topliss-reactive ketones (excluding diaryl/α,β-unsaturated/α-hetero) is 1. The number of thioether (sulfide) groups is 1. The molecule has 0 heterocycles. The summed E-state index contributed by atoms with van der Waals surface area (Å²) in [5.41, 5.74) is 1.82. The third-order valence-electron chi connectivity index (χ3n) is 4.41. The molecule has 0 saturated carbocycles. The predicted molar refractivity (Wildman–Crippen MR) is 122 cm³/mol. The predicted octanol–water partition coefficient (Wildman–Crippen LogP) is 7.16. The van der Waals surface area contributed by atoms with E-state index in [0.29, 0.717) is 16.5 Å². The van der Waals surface area contributed by atoms with Gasteiger partial charge in [0.2, 0.25) is 0 Å². The number of ketones is 1. The summed E-state index contributed by atoms with van der Waals surface area (Å²) in [6.45, 7) is 5.71. The molecule has 0 amide bonds. The lowest BCUT2D eigenvalue weighted by atomic mass is 9.97. The Hall–Kier alpha value is -1.49. The molecule has 0 aromatic heterocycles. The third kappa shape index (κ3) is 6.26. The van der Waals surface area contributed by atoms with Gasteiger partial charge in [-0.15, -0.1) is 0 Å². The molecule has 2 rings (SSSR count). The Morgan fingerprint density at radius 2 is 1.82 bits per heavy atom. The molecule has 6 heteroatoms. The normalized spacial score (nSPS) is 13.9. The van der Waals surface area contributed by atoms with Gasteiger partial charge in [0.1, 0.15) is 11.5 Å². The van der Waals surface area contributed by atoms with Crippen molar-refractivity contribution in [2.75, 3.05) is 7.11 Å². The van der Waals surface area contributed by atoms with Crippen LogP contribution in [0.5, 0.6) is 5.75 Å². The average Bonchev–Trinajstić information content (AvgIpc) is 2.65. The first-order valence-corrected chi connectivity index (χ1v) is 10.7. The minimum Gasteiger partial charge on any atom is -0.497 e. The van der Waals surface area contributed by atoms with Crippen LogP contribution >= 0.6 is 35.0 Å². The quantitative estimate of drug-likeness (QED) is 0.324. The van der Waals surface area contributed by atoms with Gasteiger partial charge in [-0.1, -0.05) is 60.4 Å². The van der Waals surface area contributed by atoms with Gasteiger partial charge in [0.25, 0.3) is 0 Å². The zero-order valence-corrected chi connectivity index (χ0v) is 18.9. The van der Waals surface area contributed by atoms with Crippen molar-refractivity contribution in [3.8, 4) is 5.75 Å². The van der Waals surface area contributed by atoms with Crippen molar-refractivity contribution >= 4 is 51.5 Å². The number of rotatable bonds is 8. The third-order valence-corrected chi connectivity index (χ3v) is 6.56. The van der Waals surface area contributed by atoms with Gasteiger partial charge in [-0.2, -0.15) is 0 Å². The Bertz CT molecular complexity index is 852. The van der Waals surface area contributed by atoms with E-state index in [0.717, 1.165) is 34.9 Å². The van der Waals surface area contributed by atoms with Crippen LogP contribution < -0.4 is 4.74 Å². The summed E-state index contributed by atoms with van der Waals surface area (Å²) < 4.78 is 4.60. The zero-order valence-electron chi connectivity index (χ0n) is 16.6. The highest BCUT2D eigenvalue weighted by molar-refractivity contribution is 8.15. The number of carbonyl (C=O) groups is 1. The van der Waals surface area contributed by atoms with Crippen LogP contribution in [0.1, 0.15) is 39.2 Å². The van der Waals surface area contributed by atoms with Gasteiger partial charge >= 0.3 is 0 Å². The monoisotopic (exact) mass is 437 g/mol. The molecule has 3 nitrogen and oxygen atoms in total. The van der Waals surface area contributed by atoms with E-state index < -0.39 is 4.75 Å². The molecule has 0 aliphatic rings. The van der Waals surface area contributed by atoms with Crippen LogP contribution in [0.25, 0.3) is 0 Å².